The Morgan fingerprint density at radius 2 is 1.88 bits per heavy atom. The maximum absolute atomic E-state index is 12.4. The number of nitrogens with one attached hydrogen (secondary N) is 1. The van der Waals surface area contributed by atoms with Crippen LogP contribution in [-0.2, 0) is 11.3 Å². The van der Waals surface area contributed by atoms with Crippen molar-refractivity contribution < 1.29 is 14.3 Å². The molecule has 0 radical (unpaired) electrons. The number of carbonyl (C=O) groups excluding carboxylic acids is 1. The average Bonchev–Trinajstić information content (AvgIpc) is 2.63. The fourth-order valence-corrected chi connectivity index (χ4v) is 2.48. The van der Waals surface area contributed by atoms with Crippen molar-refractivity contribution in [3.8, 4) is 11.5 Å². The van der Waals surface area contributed by atoms with Gasteiger partial charge in [-0.3, -0.25) is 9.69 Å². The van der Waals surface area contributed by atoms with E-state index in [0.717, 1.165) is 17.0 Å². The lowest BCUT2D eigenvalue weighted by atomic mass is 10.1. The van der Waals surface area contributed by atoms with Crippen molar-refractivity contribution in [1.29, 1.82) is 0 Å². The fourth-order valence-electron chi connectivity index (χ4n) is 2.48. The van der Waals surface area contributed by atoms with Gasteiger partial charge >= 0.3 is 0 Å². The van der Waals surface area contributed by atoms with Crippen molar-refractivity contribution in [3.05, 3.63) is 54.1 Å². The van der Waals surface area contributed by atoms with Gasteiger partial charge in [0.15, 0.2) is 11.5 Å². The lowest BCUT2D eigenvalue weighted by Gasteiger charge is -2.24. The van der Waals surface area contributed by atoms with Crippen LogP contribution in [0.15, 0.2) is 48.5 Å². The van der Waals surface area contributed by atoms with Crippen LogP contribution in [0.1, 0.15) is 19.4 Å². The van der Waals surface area contributed by atoms with E-state index in [2.05, 4.69) is 5.32 Å². The molecule has 0 bridgehead atoms. The Hall–Kier alpha value is -2.53. The van der Waals surface area contributed by atoms with E-state index in [1.165, 1.54) is 0 Å². The smallest absolute Gasteiger partial charge is 0.241 e. The first-order chi connectivity index (χ1) is 12.0. The second-order valence-electron chi connectivity index (χ2n) is 5.86. The monoisotopic (exact) mass is 342 g/mol. The number of benzene rings is 2. The molecule has 0 aliphatic heterocycles. The van der Waals surface area contributed by atoms with Gasteiger partial charge < -0.3 is 14.8 Å². The van der Waals surface area contributed by atoms with Crippen LogP contribution in [0.5, 0.6) is 11.5 Å². The molecule has 2 rings (SSSR count). The number of hydrogen-bond acceptors (Lipinski definition) is 4. The summed E-state index contributed by atoms with van der Waals surface area (Å²) >= 11 is 0. The normalized spacial score (nSPS) is 11.9. The number of rotatable bonds is 8. The highest BCUT2D eigenvalue weighted by molar-refractivity contribution is 5.94. The zero-order chi connectivity index (χ0) is 18.2. The number of carbonyl (C=O) groups is 1. The fraction of sp³-hybridized carbons (Fsp3) is 0.350. The summed E-state index contributed by atoms with van der Waals surface area (Å²) < 4.78 is 10.9. The molecular formula is C20H26N2O3. The van der Waals surface area contributed by atoms with Gasteiger partial charge in [0.25, 0.3) is 0 Å². The lowest BCUT2D eigenvalue weighted by molar-refractivity contribution is -0.120. The molecule has 134 valence electrons. The van der Waals surface area contributed by atoms with Crippen molar-refractivity contribution in [2.75, 3.05) is 26.1 Å². The number of anilines is 1. The minimum atomic E-state index is -0.266. The van der Waals surface area contributed by atoms with Crippen molar-refractivity contribution in [3.63, 3.8) is 0 Å². The molecule has 0 saturated heterocycles. The number of para-hydroxylation sites is 1. The summed E-state index contributed by atoms with van der Waals surface area (Å²) in [7, 11) is 3.56. The largest absolute Gasteiger partial charge is 0.493 e. The molecule has 2 aromatic rings. The molecule has 5 heteroatoms. The summed E-state index contributed by atoms with van der Waals surface area (Å²) in [6.45, 7) is 5.05. The van der Waals surface area contributed by atoms with E-state index in [1.807, 2.05) is 74.3 Å². The SMILES string of the molecule is CCOc1ccc(CN(C)[C@H](C)C(=O)Nc2ccccc2)cc1OC. The van der Waals surface area contributed by atoms with Crippen LogP contribution in [0.3, 0.4) is 0 Å². The molecule has 0 aromatic heterocycles. The summed E-state index contributed by atoms with van der Waals surface area (Å²) in [6.07, 6.45) is 0. The Balaban J connectivity index is 2.00. The Kier molecular flexibility index (Phi) is 6.83. The van der Waals surface area contributed by atoms with Gasteiger partial charge in [-0.05, 0) is 50.7 Å². The van der Waals surface area contributed by atoms with E-state index in [0.29, 0.717) is 18.9 Å². The third kappa shape index (κ3) is 5.22. The van der Waals surface area contributed by atoms with Gasteiger partial charge in [0.2, 0.25) is 5.91 Å². The number of hydrogen-bond donors (Lipinski definition) is 1. The number of ether oxygens (including phenoxy) is 2. The predicted molar refractivity (Wildman–Crippen MR) is 100 cm³/mol. The number of amides is 1. The van der Waals surface area contributed by atoms with Crippen molar-refractivity contribution in [1.82, 2.24) is 4.90 Å². The topological polar surface area (TPSA) is 50.8 Å². The zero-order valence-corrected chi connectivity index (χ0v) is 15.3. The van der Waals surface area contributed by atoms with Crippen LogP contribution >= 0.6 is 0 Å². The molecule has 0 spiro atoms. The summed E-state index contributed by atoms with van der Waals surface area (Å²) in [5, 5.41) is 2.93. The van der Waals surface area contributed by atoms with E-state index in [-0.39, 0.29) is 11.9 Å². The van der Waals surface area contributed by atoms with Crippen LogP contribution in [-0.4, -0.2) is 37.6 Å². The third-order valence-electron chi connectivity index (χ3n) is 4.04. The zero-order valence-electron chi connectivity index (χ0n) is 15.3. The van der Waals surface area contributed by atoms with E-state index in [9.17, 15) is 4.79 Å². The molecule has 1 atom stereocenters. The summed E-state index contributed by atoms with van der Waals surface area (Å²) in [6, 6.07) is 15.0. The van der Waals surface area contributed by atoms with Gasteiger partial charge in [-0.15, -0.1) is 0 Å². The molecule has 0 heterocycles. The van der Waals surface area contributed by atoms with E-state index in [1.54, 1.807) is 7.11 Å². The molecule has 1 amide bonds. The third-order valence-corrected chi connectivity index (χ3v) is 4.04. The van der Waals surface area contributed by atoms with Crippen LogP contribution < -0.4 is 14.8 Å². The molecule has 5 nitrogen and oxygen atoms in total. The highest BCUT2D eigenvalue weighted by Gasteiger charge is 2.19. The van der Waals surface area contributed by atoms with Gasteiger partial charge in [0, 0.05) is 12.2 Å². The second kappa shape index (κ2) is 9.08. The summed E-state index contributed by atoms with van der Waals surface area (Å²) in [5.41, 5.74) is 1.86. The van der Waals surface area contributed by atoms with Crippen LogP contribution in [0.25, 0.3) is 0 Å². The average molecular weight is 342 g/mol. The van der Waals surface area contributed by atoms with E-state index < -0.39 is 0 Å². The number of methoxy groups -OCH3 is 1. The van der Waals surface area contributed by atoms with Gasteiger partial charge in [-0.25, -0.2) is 0 Å². The Bertz CT molecular complexity index is 689. The maximum atomic E-state index is 12.4. The minimum Gasteiger partial charge on any atom is -0.493 e. The molecule has 0 fully saturated rings. The molecule has 2 aromatic carbocycles. The molecule has 0 saturated carbocycles. The minimum absolute atomic E-state index is 0.0356. The number of nitrogens with zero attached hydrogens (tertiary/aromatic N) is 1. The molecule has 0 aliphatic rings. The Labute approximate surface area is 149 Å². The van der Waals surface area contributed by atoms with Crippen molar-refractivity contribution in [2.45, 2.75) is 26.4 Å². The first-order valence-corrected chi connectivity index (χ1v) is 8.41. The first kappa shape index (κ1) is 18.8. The molecular weight excluding hydrogens is 316 g/mol. The summed E-state index contributed by atoms with van der Waals surface area (Å²) in [4.78, 5) is 14.4. The van der Waals surface area contributed by atoms with Crippen molar-refractivity contribution in [2.24, 2.45) is 0 Å². The molecule has 0 aliphatic carbocycles. The van der Waals surface area contributed by atoms with E-state index in [4.69, 9.17) is 9.47 Å². The van der Waals surface area contributed by atoms with Gasteiger partial charge in [-0.1, -0.05) is 24.3 Å². The van der Waals surface area contributed by atoms with Gasteiger partial charge in [-0.2, -0.15) is 0 Å². The lowest BCUT2D eigenvalue weighted by Crippen LogP contribution is -2.39. The maximum Gasteiger partial charge on any atom is 0.241 e. The second-order valence-corrected chi connectivity index (χ2v) is 5.86. The summed E-state index contributed by atoms with van der Waals surface area (Å²) in [5.74, 6) is 1.40. The quantitative estimate of drug-likeness (QED) is 0.797. The Morgan fingerprint density at radius 3 is 2.52 bits per heavy atom. The van der Waals surface area contributed by atoms with Crippen LogP contribution in [0.4, 0.5) is 5.69 Å². The van der Waals surface area contributed by atoms with Crippen molar-refractivity contribution >= 4 is 11.6 Å². The molecule has 1 N–H and O–H groups in total. The Morgan fingerprint density at radius 1 is 1.16 bits per heavy atom. The standard InChI is InChI=1S/C20H26N2O3/c1-5-25-18-12-11-16(13-19(18)24-4)14-22(3)15(2)20(23)21-17-9-7-6-8-10-17/h6-13,15H,5,14H2,1-4H3,(H,21,23)/t15-/m1/s1. The predicted octanol–water partition coefficient (Wildman–Crippen LogP) is 3.55. The van der Waals surface area contributed by atoms with Crippen LogP contribution in [0, 0.1) is 0 Å². The van der Waals surface area contributed by atoms with E-state index >= 15 is 0 Å². The first-order valence-electron chi connectivity index (χ1n) is 8.41. The van der Waals surface area contributed by atoms with Crippen LogP contribution in [0.2, 0.25) is 0 Å². The highest BCUT2D eigenvalue weighted by Crippen LogP contribution is 2.28. The number of likely N-dealkylation sites (N-methyl/N-ethyl adjacent to an activating group) is 1. The van der Waals surface area contributed by atoms with Gasteiger partial charge in [0.1, 0.15) is 0 Å². The highest BCUT2D eigenvalue weighted by atomic mass is 16.5. The molecule has 0 unspecified atom stereocenters. The molecule has 25 heavy (non-hydrogen) atoms. The van der Waals surface area contributed by atoms with Gasteiger partial charge in [0.05, 0.1) is 19.8 Å².